The van der Waals surface area contributed by atoms with Crippen molar-refractivity contribution in [2.24, 2.45) is 0 Å². The highest BCUT2D eigenvalue weighted by molar-refractivity contribution is 6.67. The number of aromatic nitrogens is 2. The molecule has 0 aliphatic heterocycles. The van der Waals surface area contributed by atoms with E-state index in [2.05, 4.69) is 16.9 Å². The van der Waals surface area contributed by atoms with Gasteiger partial charge < -0.3 is 4.98 Å². The molecule has 0 aliphatic carbocycles. The van der Waals surface area contributed by atoms with Crippen molar-refractivity contribution in [2.45, 2.75) is 6.92 Å². The van der Waals surface area contributed by atoms with Crippen LogP contribution in [0.25, 0.3) is 22.3 Å². The number of carbonyl (C=O) groups is 1. The Kier molecular flexibility index (Phi) is 2.84. The zero-order valence-electron chi connectivity index (χ0n) is 10.3. The quantitative estimate of drug-likeness (QED) is 0.718. The highest BCUT2D eigenvalue weighted by atomic mass is 35.5. The van der Waals surface area contributed by atoms with E-state index in [1.165, 1.54) is 0 Å². The number of H-pyrrole nitrogens is 1. The molecule has 0 bridgehead atoms. The minimum absolute atomic E-state index is 0.443. The molecule has 0 fully saturated rings. The van der Waals surface area contributed by atoms with Crippen molar-refractivity contribution in [3.8, 4) is 11.3 Å². The van der Waals surface area contributed by atoms with Crippen molar-refractivity contribution in [1.82, 2.24) is 9.97 Å². The average Bonchev–Trinajstić information content (AvgIpc) is 2.77. The van der Waals surface area contributed by atoms with E-state index in [-0.39, 0.29) is 0 Å². The maximum atomic E-state index is 11.0. The minimum Gasteiger partial charge on any atom is -0.339 e. The number of fused-ring (bicyclic) bond motifs is 1. The van der Waals surface area contributed by atoms with E-state index < -0.39 is 5.24 Å². The topological polar surface area (TPSA) is 45.8 Å². The maximum Gasteiger partial charge on any atom is 0.252 e. The van der Waals surface area contributed by atoms with E-state index in [0.29, 0.717) is 5.56 Å². The third kappa shape index (κ3) is 2.02. The molecule has 0 saturated heterocycles. The summed E-state index contributed by atoms with van der Waals surface area (Å²) < 4.78 is 0. The Morgan fingerprint density at radius 1 is 1.21 bits per heavy atom. The van der Waals surface area contributed by atoms with Gasteiger partial charge in [0.15, 0.2) is 0 Å². The zero-order chi connectivity index (χ0) is 13.4. The SMILES string of the molecule is Cc1c(-c2ccc(C(=O)Cl)cc2)[nH]c2ncccc12. The first-order valence-corrected chi connectivity index (χ1v) is 6.28. The summed E-state index contributed by atoms with van der Waals surface area (Å²) in [5.74, 6) is 0. The molecule has 0 saturated carbocycles. The molecule has 2 aromatic heterocycles. The van der Waals surface area contributed by atoms with Crippen LogP contribution in [-0.2, 0) is 0 Å². The van der Waals surface area contributed by atoms with Crippen molar-refractivity contribution in [2.75, 3.05) is 0 Å². The molecule has 94 valence electrons. The number of halogens is 1. The van der Waals surface area contributed by atoms with Gasteiger partial charge in [-0.05, 0) is 53.9 Å². The number of nitrogens with one attached hydrogen (secondary N) is 1. The van der Waals surface area contributed by atoms with Gasteiger partial charge >= 0.3 is 0 Å². The van der Waals surface area contributed by atoms with Crippen LogP contribution in [0.4, 0.5) is 0 Å². The van der Waals surface area contributed by atoms with Crippen molar-refractivity contribution < 1.29 is 4.79 Å². The van der Waals surface area contributed by atoms with Crippen LogP contribution in [0.2, 0.25) is 0 Å². The fourth-order valence-corrected chi connectivity index (χ4v) is 2.34. The number of aromatic amines is 1. The Hall–Kier alpha value is -2.13. The summed E-state index contributed by atoms with van der Waals surface area (Å²) in [7, 11) is 0. The monoisotopic (exact) mass is 270 g/mol. The van der Waals surface area contributed by atoms with Crippen LogP contribution in [0.1, 0.15) is 15.9 Å². The lowest BCUT2D eigenvalue weighted by Gasteiger charge is -2.01. The van der Waals surface area contributed by atoms with Crippen LogP contribution in [-0.4, -0.2) is 15.2 Å². The second kappa shape index (κ2) is 4.52. The van der Waals surface area contributed by atoms with Gasteiger partial charge in [-0.1, -0.05) is 12.1 Å². The largest absolute Gasteiger partial charge is 0.339 e. The van der Waals surface area contributed by atoms with Gasteiger partial charge in [-0.2, -0.15) is 0 Å². The first-order chi connectivity index (χ1) is 9.16. The summed E-state index contributed by atoms with van der Waals surface area (Å²) in [6.45, 7) is 2.05. The first-order valence-electron chi connectivity index (χ1n) is 5.90. The lowest BCUT2D eigenvalue weighted by molar-refractivity contribution is 0.108. The van der Waals surface area contributed by atoms with Gasteiger partial charge in [0.2, 0.25) is 0 Å². The van der Waals surface area contributed by atoms with Gasteiger partial charge in [0.25, 0.3) is 5.24 Å². The smallest absolute Gasteiger partial charge is 0.252 e. The normalized spacial score (nSPS) is 10.8. The second-order valence-electron chi connectivity index (χ2n) is 4.38. The van der Waals surface area contributed by atoms with E-state index in [1.54, 1.807) is 18.3 Å². The molecule has 3 rings (SSSR count). The van der Waals surface area contributed by atoms with Crippen LogP contribution in [0, 0.1) is 6.92 Å². The Morgan fingerprint density at radius 2 is 1.95 bits per heavy atom. The predicted octanol–water partition coefficient (Wildman–Crippen LogP) is 3.92. The number of hydrogen-bond donors (Lipinski definition) is 1. The number of benzene rings is 1. The molecule has 0 aliphatic rings. The Morgan fingerprint density at radius 3 is 2.58 bits per heavy atom. The molecular formula is C15H11ClN2O. The molecule has 1 N–H and O–H groups in total. The summed E-state index contributed by atoms with van der Waals surface area (Å²) in [4.78, 5) is 18.7. The molecule has 0 unspecified atom stereocenters. The standard InChI is InChI=1S/C15H11ClN2O/c1-9-12-3-2-8-17-15(12)18-13(9)10-4-6-11(7-5-10)14(16)19/h2-8H,1H3,(H,17,18). The molecule has 2 heterocycles. The molecule has 0 atom stereocenters. The van der Waals surface area contributed by atoms with Crippen LogP contribution < -0.4 is 0 Å². The van der Waals surface area contributed by atoms with Gasteiger partial charge in [-0.25, -0.2) is 4.98 Å². The molecule has 3 aromatic rings. The van der Waals surface area contributed by atoms with E-state index in [9.17, 15) is 4.79 Å². The highest BCUT2D eigenvalue weighted by Crippen LogP contribution is 2.28. The zero-order valence-corrected chi connectivity index (χ0v) is 11.0. The highest BCUT2D eigenvalue weighted by Gasteiger charge is 2.10. The Balaban J connectivity index is 2.13. The van der Waals surface area contributed by atoms with E-state index in [0.717, 1.165) is 27.9 Å². The fourth-order valence-electron chi connectivity index (χ4n) is 2.21. The second-order valence-corrected chi connectivity index (χ2v) is 4.72. The van der Waals surface area contributed by atoms with Gasteiger partial charge in [0, 0.05) is 17.1 Å². The average molecular weight is 271 g/mol. The molecule has 0 spiro atoms. The summed E-state index contributed by atoms with van der Waals surface area (Å²) in [6.07, 6.45) is 1.76. The number of aryl methyl sites for hydroxylation is 1. The number of rotatable bonds is 2. The lowest BCUT2D eigenvalue weighted by Crippen LogP contribution is -1.88. The summed E-state index contributed by atoms with van der Waals surface area (Å²) in [6, 6.07) is 11.2. The summed E-state index contributed by atoms with van der Waals surface area (Å²) >= 11 is 5.44. The number of pyridine rings is 1. The van der Waals surface area contributed by atoms with Crippen LogP contribution >= 0.6 is 11.6 Å². The molecular weight excluding hydrogens is 260 g/mol. The summed E-state index contributed by atoms with van der Waals surface area (Å²) in [5, 5.41) is 0.664. The van der Waals surface area contributed by atoms with Crippen molar-refractivity contribution in [3.05, 3.63) is 53.7 Å². The van der Waals surface area contributed by atoms with Gasteiger partial charge in [0.05, 0.1) is 5.69 Å². The third-order valence-electron chi connectivity index (χ3n) is 3.23. The van der Waals surface area contributed by atoms with E-state index >= 15 is 0 Å². The van der Waals surface area contributed by atoms with Gasteiger partial charge in [0.1, 0.15) is 5.65 Å². The van der Waals surface area contributed by atoms with Crippen molar-refractivity contribution in [3.63, 3.8) is 0 Å². The third-order valence-corrected chi connectivity index (χ3v) is 3.45. The van der Waals surface area contributed by atoms with Gasteiger partial charge in [-0.15, -0.1) is 0 Å². The number of hydrogen-bond acceptors (Lipinski definition) is 2. The molecule has 4 heteroatoms. The van der Waals surface area contributed by atoms with Crippen LogP contribution in [0.15, 0.2) is 42.6 Å². The Bertz CT molecular complexity index is 759. The number of nitrogens with zero attached hydrogens (tertiary/aromatic N) is 1. The van der Waals surface area contributed by atoms with Crippen LogP contribution in [0.3, 0.4) is 0 Å². The molecule has 0 radical (unpaired) electrons. The molecule has 3 nitrogen and oxygen atoms in total. The minimum atomic E-state index is -0.443. The molecule has 0 amide bonds. The lowest BCUT2D eigenvalue weighted by atomic mass is 10.1. The molecule has 1 aromatic carbocycles. The van der Waals surface area contributed by atoms with Gasteiger partial charge in [-0.3, -0.25) is 4.79 Å². The maximum absolute atomic E-state index is 11.0. The Labute approximate surface area is 115 Å². The first kappa shape index (κ1) is 11.9. The van der Waals surface area contributed by atoms with Crippen molar-refractivity contribution in [1.29, 1.82) is 0 Å². The number of carbonyl (C=O) groups excluding carboxylic acids is 1. The predicted molar refractivity (Wildman–Crippen MR) is 76.5 cm³/mol. The van der Waals surface area contributed by atoms with Crippen molar-refractivity contribution >= 4 is 27.9 Å². The van der Waals surface area contributed by atoms with E-state index in [1.807, 2.05) is 24.3 Å². The van der Waals surface area contributed by atoms with Crippen LogP contribution in [0.5, 0.6) is 0 Å². The van der Waals surface area contributed by atoms with E-state index in [4.69, 9.17) is 11.6 Å². The summed E-state index contributed by atoms with van der Waals surface area (Å²) in [5.41, 5.74) is 4.54. The fraction of sp³-hybridized carbons (Fsp3) is 0.0667. The molecule has 19 heavy (non-hydrogen) atoms.